The fourth-order valence-corrected chi connectivity index (χ4v) is 1.46. The van der Waals surface area contributed by atoms with Gasteiger partial charge in [0.05, 0.1) is 0 Å². The highest BCUT2D eigenvalue weighted by Gasteiger charge is 2.01. The van der Waals surface area contributed by atoms with Gasteiger partial charge in [-0.1, -0.05) is 18.2 Å². The molecule has 0 heterocycles. The van der Waals surface area contributed by atoms with Crippen LogP contribution in [0.15, 0.2) is 30.3 Å². The smallest absolute Gasteiger partial charge is 0.303 e. The van der Waals surface area contributed by atoms with Crippen LogP contribution in [0.25, 0.3) is 0 Å². The molecular weight excluding hydrogens is 224 g/mol. The lowest BCUT2D eigenvalue weighted by molar-refractivity contribution is -0.137. The summed E-state index contributed by atoms with van der Waals surface area (Å²) in [4.78, 5) is 10.3. The van der Waals surface area contributed by atoms with Gasteiger partial charge in [-0.15, -0.1) is 0 Å². The number of carboxylic acids is 1. The normalized spacial score (nSPS) is 9.75. The maximum Gasteiger partial charge on any atom is 0.303 e. The zero-order valence-corrected chi connectivity index (χ0v) is 9.70. The number of hydrogen-bond donors (Lipinski definition) is 1. The molecule has 0 atom stereocenters. The summed E-state index contributed by atoms with van der Waals surface area (Å²) in [6.07, 6.45) is 2.19. The Hall–Kier alpha value is -1.42. The minimum Gasteiger partial charge on any atom is -0.481 e. The quantitative estimate of drug-likeness (QED) is 0.611. The monoisotopic (exact) mass is 238 g/mol. The zero-order valence-electron chi connectivity index (χ0n) is 8.89. The molecule has 0 saturated carbocycles. The number of thiocarbonyl (C=S) groups is 1. The number of unbranched alkanes of at least 4 members (excludes halogenated alkanes) is 1. The van der Waals surface area contributed by atoms with Crippen molar-refractivity contribution < 1.29 is 14.6 Å². The second kappa shape index (κ2) is 6.95. The van der Waals surface area contributed by atoms with Crippen LogP contribution in [0.2, 0.25) is 0 Å². The van der Waals surface area contributed by atoms with Gasteiger partial charge < -0.3 is 9.84 Å². The van der Waals surface area contributed by atoms with E-state index in [0.29, 0.717) is 17.9 Å². The Balaban J connectivity index is 2.19. The third-order valence-electron chi connectivity index (χ3n) is 2.00. The van der Waals surface area contributed by atoms with Gasteiger partial charge in [-0.05, 0) is 37.2 Å². The largest absolute Gasteiger partial charge is 0.481 e. The van der Waals surface area contributed by atoms with Crippen molar-refractivity contribution in [3.05, 3.63) is 30.3 Å². The fourth-order valence-electron chi connectivity index (χ4n) is 1.22. The third kappa shape index (κ3) is 5.46. The lowest BCUT2D eigenvalue weighted by Gasteiger charge is -2.05. The molecule has 16 heavy (non-hydrogen) atoms. The van der Waals surface area contributed by atoms with E-state index in [1.807, 2.05) is 30.3 Å². The molecule has 0 fully saturated rings. The van der Waals surface area contributed by atoms with Gasteiger partial charge in [0.2, 0.25) is 0 Å². The fraction of sp³-hybridized carbons (Fsp3) is 0.333. The molecule has 0 aliphatic heterocycles. The molecule has 0 aliphatic rings. The molecule has 4 heteroatoms. The number of aliphatic carboxylic acids is 1. The van der Waals surface area contributed by atoms with Crippen LogP contribution in [-0.2, 0) is 4.79 Å². The third-order valence-corrected chi connectivity index (χ3v) is 2.28. The molecule has 0 bridgehead atoms. The minimum absolute atomic E-state index is 0.188. The maximum atomic E-state index is 10.3. The average Bonchev–Trinajstić information content (AvgIpc) is 2.25. The number of rotatable bonds is 6. The minimum atomic E-state index is -0.769. The predicted molar refractivity (Wildman–Crippen MR) is 65.8 cm³/mol. The number of carboxylic acid groups (broad SMARTS) is 1. The highest BCUT2D eigenvalue weighted by atomic mass is 32.1. The molecule has 0 saturated heterocycles. The lowest BCUT2D eigenvalue weighted by atomic mass is 10.2. The number of para-hydroxylation sites is 1. The Morgan fingerprint density at radius 1 is 1.19 bits per heavy atom. The first-order valence-electron chi connectivity index (χ1n) is 5.16. The van der Waals surface area contributed by atoms with Crippen LogP contribution in [0, 0.1) is 0 Å². The van der Waals surface area contributed by atoms with Gasteiger partial charge in [0.15, 0.2) is 5.05 Å². The zero-order chi connectivity index (χ0) is 11.8. The summed E-state index contributed by atoms with van der Waals surface area (Å²) >= 11 is 5.05. The summed E-state index contributed by atoms with van der Waals surface area (Å²) in [7, 11) is 0. The molecule has 0 unspecified atom stereocenters. The first-order chi connectivity index (χ1) is 7.68. The maximum absolute atomic E-state index is 10.3. The van der Waals surface area contributed by atoms with Gasteiger partial charge in [-0.3, -0.25) is 4.79 Å². The van der Waals surface area contributed by atoms with Crippen molar-refractivity contribution >= 4 is 23.2 Å². The summed E-state index contributed by atoms with van der Waals surface area (Å²) in [5.74, 6) is -0.0411. The predicted octanol–water partition coefficient (Wildman–Crippen LogP) is 3.04. The first-order valence-corrected chi connectivity index (χ1v) is 5.57. The Bertz CT molecular complexity index is 349. The van der Waals surface area contributed by atoms with Gasteiger partial charge in [0, 0.05) is 12.8 Å². The van der Waals surface area contributed by atoms with Crippen molar-refractivity contribution in [1.29, 1.82) is 0 Å². The Labute approximate surface area is 100 Å². The van der Waals surface area contributed by atoms with Crippen molar-refractivity contribution in [3.8, 4) is 5.75 Å². The highest BCUT2D eigenvalue weighted by molar-refractivity contribution is 7.80. The van der Waals surface area contributed by atoms with Gasteiger partial charge in [-0.25, -0.2) is 0 Å². The van der Waals surface area contributed by atoms with E-state index in [1.54, 1.807) is 0 Å². The molecule has 1 rings (SSSR count). The summed E-state index contributed by atoms with van der Waals surface area (Å²) < 4.78 is 5.41. The van der Waals surface area contributed by atoms with Crippen LogP contribution in [0.5, 0.6) is 5.75 Å². The summed E-state index contributed by atoms with van der Waals surface area (Å²) in [6, 6.07) is 9.33. The Kier molecular flexibility index (Phi) is 5.50. The molecule has 0 aromatic heterocycles. The van der Waals surface area contributed by atoms with E-state index in [-0.39, 0.29) is 6.42 Å². The lowest BCUT2D eigenvalue weighted by Crippen LogP contribution is -2.05. The second-order valence-electron chi connectivity index (χ2n) is 3.39. The van der Waals surface area contributed by atoms with E-state index in [1.165, 1.54) is 0 Å². The van der Waals surface area contributed by atoms with Crippen molar-refractivity contribution in [2.24, 2.45) is 0 Å². The summed E-state index contributed by atoms with van der Waals surface area (Å²) in [6.45, 7) is 0. The number of hydrogen-bond acceptors (Lipinski definition) is 3. The Morgan fingerprint density at radius 2 is 1.81 bits per heavy atom. The van der Waals surface area contributed by atoms with Crippen molar-refractivity contribution in [2.75, 3.05) is 0 Å². The van der Waals surface area contributed by atoms with Crippen LogP contribution >= 0.6 is 12.2 Å². The molecule has 86 valence electrons. The SMILES string of the molecule is O=C(O)CCCCC(=S)Oc1ccccc1. The van der Waals surface area contributed by atoms with E-state index >= 15 is 0 Å². The molecule has 3 nitrogen and oxygen atoms in total. The molecule has 0 radical (unpaired) electrons. The standard InChI is InChI=1S/C12H14O3S/c13-11(14)8-4-5-9-12(16)15-10-6-2-1-3-7-10/h1-3,6-7H,4-5,8-9H2,(H,13,14). The van der Waals surface area contributed by atoms with Gasteiger partial charge in [-0.2, -0.15) is 0 Å². The summed E-state index contributed by atoms with van der Waals surface area (Å²) in [5, 5.41) is 8.96. The van der Waals surface area contributed by atoms with Gasteiger partial charge >= 0.3 is 5.97 Å². The number of ether oxygens (including phenoxy) is 1. The highest BCUT2D eigenvalue weighted by Crippen LogP contribution is 2.11. The summed E-state index contributed by atoms with van der Waals surface area (Å²) in [5.41, 5.74) is 0. The second-order valence-corrected chi connectivity index (χ2v) is 3.84. The molecule has 1 N–H and O–H groups in total. The van der Waals surface area contributed by atoms with Crippen LogP contribution in [-0.4, -0.2) is 16.1 Å². The van der Waals surface area contributed by atoms with E-state index < -0.39 is 5.97 Å². The number of benzene rings is 1. The Morgan fingerprint density at radius 3 is 2.44 bits per heavy atom. The van der Waals surface area contributed by atoms with Crippen molar-refractivity contribution in [1.82, 2.24) is 0 Å². The van der Waals surface area contributed by atoms with Gasteiger partial charge in [0.25, 0.3) is 0 Å². The van der Waals surface area contributed by atoms with Crippen molar-refractivity contribution in [3.63, 3.8) is 0 Å². The number of carbonyl (C=O) groups is 1. The molecule has 0 spiro atoms. The van der Waals surface area contributed by atoms with Crippen LogP contribution in [0.1, 0.15) is 25.7 Å². The van der Waals surface area contributed by atoms with Gasteiger partial charge in [0.1, 0.15) is 5.75 Å². The topological polar surface area (TPSA) is 46.5 Å². The molecular formula is C12H14O3S. The molecule has 1 aromatic carbocycles. The van der Waals surface area contributed by atoms with Crippen molar-refractivity contribution in [2.45, 2.75) is 25.7 Å². The average molecular weight is 238 g/mol. The van der Waals surface area contributed by atoms with E-state index in [9.17, 15) is 4.79 Å². The molecule has 0 amide bonds. The van der Waals surface area contributed by atoms with Crippen LogP contribution in [0.3, 0.4) is 0 Å². The van der Waals surface area contributed by atoms with E-state index in [0.717, 1.165) is 12.2 Å². The first kappa shape index (κ1) is 12.6. The van der Waals surface area contributed by atoms with Crippen LogP contribution < -0.4 is 4.74 Å². The molecule has 0 aliphatic carbocycles. The molecule has 1 aromatic rings. The van der Waals surface area contributed by atoms with E-state index in [4.69, 9.17) is 22.1 Å². The van der Waals surface area contributed by atoms with E-state index in [2.05, 4.69) is 0 Å². The van der Waals surface area contributed by atoms with Crippen LogP contribution in [0.4, 0.5) is 0 Å².